The van der Waals surface area contributed by atoms with Gasteiger partial charge in [0.1, 0.15) is 17.9 Å². The Morgan fingerprint density at radius 2 is 1.90 bits per heavy atom. The van der Waals surface area contributed by atoms with E-state index in [1.165, 1.54) is 30.7 Å². The number of nitrogens with zero attached hydrogens (tertiary/aromatic N) is 4. The number of quaternary nitrogens is 1. The third kappa shape index (κ3) is 7.31. The second-order valence-electron chi connectivity index (χ2n) is 12.4. The van der Waals surface area contributed by atoms with Gasteiger partial charge in [0.2, 0.25) is 0 Å². The van der Waals surface area contributed by atoms with Crippen molar-refractivity contribution >= 4 is 24.9 Å². The topological polar surface area (TPSA) is 143 Å². The highest BCUT2D eigenvalue weighted by molar-refractivity contribution is 5.79. The molecule has 226 valence electrons. The fourth-order valence-corrected chi connectivity index (χ4v) is 7.22. The van der Waals surface area contributed by atoms with Gasteiger partial charge in [-0.25, -0.2) is 0 Å². The summed E-state index contributed by atoms with van der Waals surface area (Å²) in [5.41, 5.74) is 21.6. The van der Waals surface area contributed by atoms with Crippen LogP contribution in [-0.4, -0.2) is 73.0 Å². The molecule has 0 atom stereocenters. The van der Waals surface area contributed by atoms with Gasteiger partial charge in [-0.1, -0.05) is 25.5 Å². The Morgan fingerprint density at radius 3 is 2.52 bits per heavy atom. The van der Waals surface area contributed by atoms with E-state index >= 15 is 0 Å². The van der Waals surface area contributed by atoms with Crippen molar-refractivity contribution in [1.82, 2.24) is 4.90 Å². The molecule has 0 bridgehead atoms. The van der Waals surface area contributed by atoms with Crippen LogP contribution in [0.3, 0.4) is 0 Å². The van der Waals surface area contributed by atoms with Gasteiger partial charge in [0.05, 0.1) is 37.3 Å². The first-order valence-electron chi connectivity index (χ1n) is 15.1. The lowest BCUT2D eigenvalue weighted by Crippen LogP contribution is -2.74. The zero-order chi connectivity index (χ0) is 30.2. The fraction of sp³-hybridized carbons (Fsp3) is 0.485. The molecule has 2 heterocycles. The van der Waals surface area contributed by atoms with Crippen molar-refractivity contribution in [1.29, 1.82) is 0 Å². The Kier molecular flexibility index (Phi) is 10.3. The predicted molar refractivity (Wildman–Crippen MR) is 171 cm³/mol. The third-order valence-electron chi connectivity index (χ3n) is 9.21. The maximum Gasteiger partial charge on any atom is 0.124 e. The lowest BCUT2D eigenvalue weighted by Gasteiger charge is -2.64. The molecule has 2 saturated heterocycles. The van der Waals surface area contributed by atoms with E-state index < -0.39 is 0 Å². The average Bonchev–Trinajstić information content (AvgIpc) is 2.94. The Balaban J connectivity index is 1.35. The molecule has 0 amide bonds. The van der Waals surface area contributed by atoms with Gasteiger partial charge in [-0.3, -0.25) is 9.98 Å². The summed E-state index contributed by atoms with van der Waals surface area (Å²) in [6.45, 7) is 11.9. The fourth-order valence-electron chi connectivity index (χ4n) is 7.22. The molecule has 3 fully saturated rings. The standard InChI is InChI=1S/C33H47N7O2/c1-3-4-13-39(30(32(35)36)17-29(34)28-8-5-6-9-31(28)42)14-7-12-38-21-27(20-37-2)26-10-15-40(16-11-26)23-33(24-40)18-25(19-33)22-41/h5-9,12,17,20-22,25-26H,2-4,10-11,13-16,18-19,23-24,34-36H2,1H3/p+1/b12-7?,27-20+,29-17-,38-21?. The molecule has 9 nitrogen and oxygen atoms in total. The Bertz CT molecular complexity index is 1250. The van der Waals surface area contributed by atoms with Gasteiger partial charge in [-0.2, -0.15) is 0 Å². The SMILES string of the molecule is C=N/C=C(\C=NC=CCN(CCCC)C(/C=C(\N)c1ccccc1O)=C(N)N)C1CC[N+]2(CC1)CC1(CC(C=O)C1)C2. The molecule has 2 aliphatic heterocycles. The minimum Gasteiger partial charge on any atom is -0.507 e. The van der Waals surface area contributed by atoms with Crippen LogP contribution in [0, 0.1) is 17.3 Å². The summed E-state index contributed by atoms with van der Waals surface area (Å²) in [5, 5.41) is 10.2. The van der Waals surface area contributed by atoms with Crippen molar-refractivity contribution in [2.24, 2.45) is 44.4 Å². The number of hydrogen-bond donors (Lipinski definition) is 4. The first-order valence-corrected chi connectivity index (χ1v) is 15.1. The summed E-state index contributed by atoms with van der Waals surface area (Å²) in [6, 6.07) is 6.92. The van der Waals surface area contributed by atoms with Crippen molar-refractivity contribution in [2.45, 2.75) is 45.4 Å². The molecule has 7 N–H and O–H groups in total. The Labute approximate surface area is 250 Å². The highest BCUT2D eigenvalue weighted by Crippen LogP contribution is 2.55. The first-order chi connectivity index (χ1) is 20.2. The van der Waals surface area contributed by atoms with Gasteiger partial charge >= 0.3 is 0 Å². The molecule has 0 unspecified atom stereocenters. The lowest BCUT2D eigenvalue weighted by atomic mass is 9.56. The molecule has 9 heteroatoms. The van der Waals surface area contributed by atoms with Crippen LogP contribution >= 0.6 is 0 Å². The van der Waals surface area contributed by atoms with E-state index in [9.17, 15) is 9.90 Å². The third-order valence-corrected chi connectivity index (χ3v) is 9.21. The van der Waals surface area contributed by atoms with Gasteiger partial charge < -0.3 is 36.5 Å². The smallest absolute Gasteiger partial charge is 0.124 e. The summed E-state index contributed by atoms with van der Waals surface area (Å²) >= 11 is 0. The molecule has 1 saturated carbocycles. The van der Waals surface area contributed by atoms with Crippen molar-refractivity contribution in [3.8, 4) is 5.75 Å². The number of para-hydroxylation sites is 1. The summed E-state index contributed by atoms with van der Waals surface area (Å²) in [5.74, 6) is 0.985. The molecule has 1 aromatic carbocycles. The molecule has 42 heavy (non-hydrogen) atoms. The number of hydrogen-bond acceptors (Lipinski definition) is 8. The summed E-state index contributed by atoms with van der Waals surface area (Å²) in [7, 11) is 0. The number of carbonyl (C=O) groups excluding carboxylic acids is 1. The van der Waals surface area contributed by atoms with Crippen molar-refractivity contribution in [3.05, 3.63) is 71.5 Å². The number of phenolic OH excluding ortho intramolecular Hbond substituents is 1. The van der Waals surface area contributed by atoms with Gasteiger partial charge in [-0.05, 0) is 61.8 Å². The van der Waals surface area contributed by atoms with Crippen molar-refractivity contribution in [3.63, 3.8) is 0 Å². The molecular weight excluding hydrogens is 526 g/mol. The van der Waals surface area contributed by atoms with Crippen LogP contribution in [0.2, 0.25) is 0 Å². The number of allylic oxidation sites excluding steroid dienone is 2. The number of phenols is 1. The van der Waals surface area contributed by atoms with E-state index in [4.69, 9.17) is 17.2 Å². The molecule has 0 aromatic heterocycles. The number of unbranched alkanes of at least 4 members (excludes halogenated alkanes) is 1. The van der Waals surface area contributed by atoms with E-state index in [1.807, 2.05) is 24.6 Å². The van der Waals surface area contributed by atoms with Gasteiger partial charge in [0, 0.05) is 61.7 Å². The van der Waals surface area contributed by atoms with E-state index in [1.54, 1.807) is 30.5 Å². The van der Waals surface area contributed by atoms with Crippen molar-refractivity contribution < 1.29 is 14.4 Å². The zero-order valence-electron chi connectivity index (χ0n) is 25.0. The van der Waals surface area contributed by atoms with Crippen LogP contribution in [0.25, 0.3) is 5.70 Å². The Hall–Kier alpha value is -3.85. The quantitative estimate of drug-likeness (QED) is 0.122. The number of carbonyl (C=O) groups is 1. The molecular formula is C33H48N7O2+. The normalized spacial score (nSPS) is 27.6. The Morgan fingerprint density at radius 1 is 1.19 bits per heavy atom. The summed E-state index contributed by atoms with van der Waals surface area (Å²) < 4.78 is 1.21. The number of piperidine rings is 1. The highest BCUT2D eigenvalue weighted by Gasteiger charge is 2.62. The zero-order valence-corrected chi connectivity index (χ0v) is 25.0. The first kappa shape index (κ1) is 31.1. The van der Waals surface area contributed by atoms with E-state index in [-0.39, 0.29) is 11.6 Å². The number of rotatable bonds is 13. The van der Waals surface area contributed by atoms with Crippen LogP contribution in [0.4, 0.5) is 0 Å². The predicted octanol–water partition coefficient (Wildman–Crippen LogP) is 3.89. The summed E-state index contributed by atoms with van der Waals surface area (Å²) in [6.07, 6.45) is 16.8. The van der Waals surface area contributed by atoms with Crippen LogP contribution in [0.15, 0.2) is 75.9 Å². The number of benzene rings is 1. The average molecular weight is 575 g/mol. The second-order valence-corrected chi connectivity index (χ2v) is 12.4. The number of aromatic hydroxyl groups is 1. The largest absolute Gasteiger partial charge is 0.507 e. The van der Waals surface area contributed by atoms with Crippen LogP contribution in [-0.2, 0) is 4.79 Å². The van der Waals surface area contributed by atoms with E-state index in [0.29, 0.717) is 40.8 Å². The minimum absolute atomic E-state index is 0.100. The van der Waals surface area contributed by atoms with E-state index in [0.717, 1.165) is 56.9 Å². The number of aldehydes is 1. The molecule has 2 spiro atoms. The summed E-state index contributed by atoms with van der Waals surface area (Å²) in [4.78, 5) is 21.8. The molecule has 3 aliphatic rings. The number of aliphatic imine (C=N–C) groups is 2. The maximum atomic E-state index is 11.0. The maximum absolute atomic E-state index is 11.0. The lowest BCUT2D eigenvalue weighted by molar-refractivity contribution is -0.991. The molecule has 1 aliphatic carbocycles. The van der Waals surface area contributed by atoms with Gasteiger partial charge in [0.25, 0.3) is 0 Å². The van der Waals surface area contributed by atoms with E-state index in [2.05, 4.69) is 28.5 Å². The molecule has 1 aromatic rings. The van der Waals surface area contributed by atoms with Crippen LogP contribution in [0.1, 0.15) is 51.0 Å². The molecule has 4 rings (SSSR count). The monoisotopic (exact) mass is 574 g/mol. The van der Waals surface area contributed by atoms with Gasteiger partial charge in [0.15, 0.2) is 0 Å². The highest BCUT2D eigenvalue weighted by atomic mass is 16.3. The van der Waals surface area contributed by atoms with Gasteiger partial charge in [-0.15, -0.1) is 0 Å². The second kappa shape index (κ2) is 13.9. The van der Waals surface area contributed by atoms with Crippen LogP contribution < -0.4 is 17.2 Å². The number of nitrogens with two attached hydrogens (primary N) is 3. The van der Waals surface area contributed by atoms with Crippen LogP contribution in [0.5, 0.6) is 5.75 Å². The molecule has 0 radical (unpaired) electrons. The minimum atomic E-state index is 0.100. The van der Waals surface area contributed by atoms with Crippen molar-refractivity contribution in [2.75, 3.05) is 39.3 Å².